The van der Waals surface area contributed by atoms with Gasteiger partial charge in [-0.25, -0.2) is 10.5 Å². The minimum atomic E-state index is -0.598. The first-order chi connectivity index (χ1) is 18.0. The maximum absolute atomic E-state index is 12.9. The molecule has 0 amide bonds. The van der Waals surface area contributed by atoms with E-state index in [-0.39, 0.29) is 18.3 Å². The zero-order chi connectivity index (χ0) is 27.6. The lowest BCUT2D eigenvalue weighted by atomic mass is 9.98. The number of ether oxygens (including phenoxy) is 1. The molecule has 1 aromatic carbocycles. The van der Waals surface area contributed by atoms with E-state index in [1.54, 1.807) is 16.8 Å². The van der Waals surface area contributed by atoms with E-state index in [9.17, 15) is 4.79 Å². The van der Waals surface area contributed by atoms with Crippen LogP contribution < -0.4 is 11.2 Å². The number of guanidine groups is 1. The Bertz CT molecular complexity index is 1430. The Hall–Kier alpha value is -3.83. The van der Waals surface area contributed by atoms with Gasteiger partial charge in [-0.3, -0.25) is 19.6 Å². The summed E-state index contributed by atoms with van der Waals surface area (Å²) in [5.74, 6) is 0.993. The fraction of sp³-hybridized carbons (Fsp3) is 0.370. The second kappa shape index (κ2) is 10.9. The Kier molecular flexibility index (Phi) is 7.79. The predicted molar refractivity (Wildman–Crippen MR) is 149 cm³/mol. The van der Waals surface area contributed by atoms with Gasteiger partial charge in [-0.1, -0.05) is 36.4 Å². The van der Waals surface area contributed by atoms with Gasteiger partial charge in [0.1, 0.15) is 22.5 Å². The van der Waals surface area contributed by atoms with Crippen molar-refractivity contribution >= 4 is 35.1 Å². The van der Waals surface area contributed by atoms with Crippen molar-refractivity contribution in [3.63, 3.8) is 0 Å². The lowest BCUT2D eigenvalue weighted by molar-refractivity contribution is -0.155. The Morgan fingerprint density at radius 2 is 1.95 bits per heavy atom. The number of carbonyl (C=O) groups excluding carboxylic acids is 1. The summed E-state index contributed by atoms with van der Waals surface area (Å²) in [7, 11) is 0. The average Bonchev–Trinajstić information content (AvgIpc) is 3.33. The fourth-order valence-corrected chi connectivity index (χ4v) is 5.41. The largest absolute Gasteiger partial charge is 0.460 e. The molecule has 1 aliphatic rings. The number of nitrogens with zero attached hydrogens (tertiary/aromatic N) is 5. The third-order valence-corrected chi connectivity index (χ3v) is 7.19. The van der Waals surface area contributed by atoms with E-state index in [1.165, 1.54) is 4.88 Å². The van der Waals surface area contributed by atoms with Crippen molar-refractivity contribution in [2.24, 2.45) is 15.7 Å². The summed E-state index contributed by atoms with van der Waals surface area (Å²) in [5.41, 5.74) is 11.5. The highest BCUT2D eigenvalue weighted by molar-refractivity contribution is 7.15. The van der Waals surface area contributed by atoms with Gasteiger partial charge in [-0.15, -0.1) is 21.5 Å². The summed E-state index contributed by atoms with van der Waals surface area (Å²) < 4.78 is 7.65. The molecule has 200 valence electrons. The highest BCUT2D eigenvalue weighted by Gasteiger charge is 2.33. The molecular formula is C27H33N7O3S. The summed E-state index contributed by atoms with van der Waals surface area (Å²) >= 11 is 1.67. The van der Waals surface area contributed by atoms with E-state index in [0.717, 1.165) is 38.8 Å². The monoisotopic (exact) mass is 535 g/mol. The van der Waals surface area contributed by atoms with Crippen molar-refractivity contribution in [2.75, 3.05) is 6.54 Å². The number of benzene rings is 1. The molecule has 0 saturated heterocycles. The lowest BCUT2D eigenvalue weighted by Gasteiger charge is -2.21. The Morgan fingerprint density at radius 1 is 1.24 bits per heavy atom. The topological polar surface area (TPSA) is 140 Å². The van der Waals surface area contributed by atoms with Gasteiger partial charge in [0.2, 0.25) is 5.96 Å². The van der Waals surface area contributed by atoms with E-state index in [0.29, 0.717) is 12.4 Å². The van der Waals surface area contributed by atoms with Gasteiger partial charge in [-0.2, -0.15) is 0 Å². The van der Waals surface area contributed by atoms with Crippen LogP contribution in [0.2, 0.25) is 0 Å². The lowest BCUT2D eigenvalue weighted by Crippen LogP contribution is -2.28. The van der Waals surface area contributed by atoms with Gasteiger partial charge in [-0.05, 0) is 52.7 Å². The number of hydrogen-bond acceptors (Lipinski definition) is 8. The predicted octanol–water partition coefficient (Wildman–Crippen LogP) is 4.18. The number of esters is 1. The van der Waals surface area contributed by atoms with Crippen molar-refractivity contribution < 1.29 is 14.7 Å². The molecule has 3 heterocycles. The van der Waals surface area contributed by atoms with E-state index in [1.807, 2.05) is 68.7 Å². The standard InChI is InChI=1S/C27H33N7O3S/c1-15-16(2)38-25-22(15)23(19-11-9-18(10-12-19)8-7-13-29-26(28)33-36)30-20(14-21(35)37-27(4,5)6)24-32-31-17(3)34(24)25/h7-12,20,36H,13-14H2,1-6H3,(H3,28,29,33)/b8-7+/t20-/m0/s1. The minimum absolute atomic E-state index is 0.0417. The summed E-state index contributed by atoms with van der Waals surface area (Å²) in [4.78, 5) is 23.1. The molecule has 1 aliphatic heterocycles. The maximum atomic E-state index is 12.9. The van der Waals surface area contributed by atoms with Gasteiger partial charge >= 0.3 is 5.97 Å². The van der Waals surface area contributed by atoms with E-state index in [2.05, 4.69) is 29.0 Å². The molecule has 3 aromatic rings. The van der Waals surface area contributed by atoms with Crippen LogP contribution in [-0.2, 0) is 9.53 Å². The van der Waals surface area contributed by atoms with Crippen LogP contribution in [0.25, 0.3) is 11.1 Å². The SMILES string of the molecule is Cc1sc2c(c1C)C(c1ccc(/C=C/CN=C(N)NO)cc1)=N[C@@H](CC(=O)OC(C)(C)C)c1nnc(C)n1-2. The van der Waals surface area contributed by atoms with Crippen molar-refractivity contribution in [3.8, 4) is 5.00 Å². The second-order valence-electron chi connectivity index (χ2n) is 10.1. The molecule has 0 radical (unpaired) electrons. The highest BCUT2D eigenvalue weighted by atomic mass is 32.1. The number of carbonyl (C=O) groups is 1. The molecule has 11 heteroatoms. The molecule has 4 rings (SSSR count). The Morgan fingerprint density at radius 3 is 2.61 bits per heavy atom. The van der Waals surface area contributed by atoms with Gasteiger partial charge < -0.3 is 10.5 Å². The fourth-order valence-electron chi connectivity index (χ4n) is 4.19. The number of fused-ring (bicyclic) bond motifs is 3. The first-order valence-corrected chi connectivity index (χ1v) is 13.1. The van der Waals surface area contributed by atoms with Crippen LogP contribution in [0.15, 0.2) is 40.3 Å². The van der Waals surface area contributed by atoms with E-state index >= 15 is 0 Å². The van der Waals surface area contributed by atoms with Crippen molar-refractivity contribution in [1.29, 1.82) is 0 Å². The summed E-state index contributed by atoms with van der Waals surface area (Å²) in [6, 6.07) is 7.48. The zero-order valence-electron chi connectivity index (χ0n) is 22.4. The summed E-state index contributed by atoms with van der Waals surface area (Å²) in [6.07, 6.45) is 3.83. The molecule has 0 unspecified atom stereocenters. The second-order valence-corrected chi connectivity index (χ2v) is 11.3. The molecule has 2 aromatic heterocycles. The molecule has 38 heavy (non-hydrogen) atoms. The van der Waals surface area contributed by atoms with Crippen LogP contribution >= 0.6 is 11.3 Å². The summed E-state index contributed by atoms with van der Waals surface area (Å²) in [6.45, 7) is 12.0. The number of aromatic nitrogens is 3. The molecule has 0 aliphatic carbocycles. The van der Waals surface area contributed by atoms with Crippen molar-refractivity contribution in [2.45, 2.75) is 59.6 Å². The molecule has 10 nitrogen and oxygen atoms in total. The third kappa shape index (κ3) is 5.84. The van der Waals surface area contributed by atoms with Gasteiger partial charge in [0.05, 0.1) is 18.7 Å². The van der Waals surface area contributed by atoms with E-state index < -0.39 is 11.6 Å². The third-order valence-electron chi connectivity index (χ3n) is 6.00. The van der Waals surface area contributed by atoms with Gasteiger partial charge in [0, 0.05) is 16.0 Å². The summed E-state index contributed by atoms with van der Waals surface area (Å²) in [5, 5.41) is 18.5. The van der Waals surface area contributed by atoms with Crippen LogP contribution in [-0.4, -0.2) is 49.8 Å². The van der Waals surface area contributed by atoms with Crippen LogP contribution in [0, 0.1) is 20.8 Å². The Balaban J connectivity index is 1.76. The number of aryl methyl sites for hydroxylation is 2. The number of nitrogens with two attached hydrogens (primary N) is 1. The van der Waals surface area contributed by atoms with Crippen molar-refractivity contribution in [3.05, 3.63) is 69.1 Å². The molecule has 0 bridgehead atoms. The molecular weight excluding hydrogens is 502 g/mol. The first-order valence-electron chi connectivity index (χ1n) is 12.3. The molecule has 1 atom stereocenters. The molecule has 0 saturated carbocycles. The van der Waals surface area contributed by atoms with Gasteiger partial charge in [0.15, 0.2) is 5.82 Å². The molecule has 0 fully saturated rings. The number of hydroxylamine groups is 1. The van der Waals surface area contributed by atoms with Gasteiger partial charge in [0.25, 0.3) is 0 Å². The average molecular weight is 536 g/mol. The van der Waals surface area contributed by atoms with Crippen LogP contribution in [0.1, 0.15) is 72.0 Å². The number of hydrogen-bond donors (Lipinski definition) is 3. The van der Waals surface area contributed by atoms with E-state index in [4.69, 9.17) is 20.7 Å². The molecule has 4 N–H and O–H groups in total. The Labute approximate surface area is 225 Å². The molecule has 0 spiro atoms. The minimum Gasteiger partial charge on any atom is -0.460 e. The van der Waals surface area contributed by atoms with Crippen LogP contribution in [0.5, 0.6) is 0 Å². The number of rotatable bonds is 6. The first kappa shape index (κ1) is 27.2. The quantitative estimate of drug-likeness (QED) is 0.186. The van der Waals surface area contributed by atoms with Crippen LogP contribution in [0.4, 0.5) is 0 Å². The maximum Gasteiger partial charge on any atom is 0.308 e. The highest BCUT2D eigenvalue weighted by Crippen LogP contribution is 2.39. The van der Waals surface area contributed by atoms with Crippen molar-refractivity contribution in [1.82, 2.24) is 20.2 Å². The number of thiophene rings is 1. The number of aliphatic imine (C=N–C) groups is 2. The zero-order valence-corrected chi connectivity index (χ0v) is 23.3. The smallest absolute Gasteiger partial charge is 0.308 e. The normalized spacial score (nSPS) is 15.6. The van der Waals surface area contributed by atoms with Crippen LogP contribution in [0.3, 0.4) is 0 Å². The number of nitrogens with one attached hydrogen (secondary N) is 1.